The van der Waals surface area contributed by atoms with Crippen LogP contribution in [0, 0.1) is 6.92 Å². The molecular formula is C12H16N4OS. The molecule has 0 unspecified atom stereocenters. The van der Waals surface area contributed by atoms with Crippen molar-refractivity contribution < 1.29 is 0 Å². The summed E-state index contributed by atoms with van der Waals surface area (Å²) in [7, 11) is 0. The second-order valence-electron chi connectivity index (χ2n) is 3.99. The van der Waals surface area contributed by atoms with Crippen molar-refractivity contribution in [3.8, 4) is 0 Å². The molecule has 2 rings (SSSR count). The maximum absolute atomic E-state index is 12.0. The van der Waals surface area contributed by atoms with Gasteiger partial charge in [-0.25, -0.2) is 9.97 Å². The van der Waals surface area contributed by atoms with Crippen LogP contribution in [0.1, 0.15) is 23.9 Å². The molecule has 2 aromatic heterocycles. The van der Waals surface area contributed by atoms with Crippen molar-refractivity contribution in [1.82, 2.24) is 14.5 Å². The molecule has 96 valence electrons. The minimum atomic E-state index is -0.0680. The highest BCUT2D eigenvalue weighted by Gasteiger charge is 2.06. The largest absolute Gasteiger partial charge is 0.361 e. The SMILES string of the molecule is CCCn1ccnc(NCc2scnc2C)c1=O. The lowest BCUT2D eigenvalue weighted by Crippen LogP contribution is -2.24. The summed E-state index contributed by atoms with van der Waals surface area (Å²) < 4.78 is 1.68. The van der Waals surface area contributed by atoms with Gasteiger partial charge in [0.25, 0.3) is 5.56 Å². The first-order chi connectivity index (χ1) is 8.72. The van der Waals surface area contributed by atoms with E-state index in [2.05, 4.69) is 15.3 Å². The van der Waals surface area contributed by atoms with Crippen molar-refractivity contribution in [2.75, 3.05) is 5.32 Å². The first kappa shape index (κ1) is 12.8. The van der Waals surface area contributed by atoms with Crippen LogP contribution in [-0.2, 0) is 13.1 Å². The number of nitrogens with one attached hydrogen (secondary N) is 1. The van der Waals surface area contributed by atoms with E-state index in [-0.39, 0.29) is 5.56 Å². The Hall–Kier alpha value is -1.69. The molecule has 0 atom stereocenters. The van der Waals surface area contributed by atoms with Gasteiger partial charge in [0, 0.05) is 23.8 Å². The van der Waals surface area contributed by atoms with Crippen molar-refractivity contribution in [2.24, 2.45) is 0 Å². The van der Waals surface area contributed by atoms with Crippen LogP contribution in [0.25, 0.3) is 0 Å². The molecule has 0 fully saturated rings. The van der Waals surface area contributed by atoms with Gasteiger partial charge in [0.1, 0.15) is 0 Å². The summed E-state index contributed by atoms with van der Waals surface area (Å²) in [6, 6.07) is 0. The van der Waals surface area contributed by atoms with Crippen molar-refractivity contribution in [1.29, 1.82) is 0 Å². The molecule has 0 amide bonds. The number of rotatable bonds is 5. The number of aromatic nitrogens is 3. The summed E-state index contributed by atoms with van der Waals surface area (Å²) in [5, 5.41) is 3.08. The maximum atomic E-state index is 12.0. The Morgan fingerprint density at radius 3 is 2.94 bits per heavy atom. The van der Waals surface area contributed by atoms with Crippen molar-refractivity contribution in [3.63, 3.8) is 0 Å². The number of thiazole rings is 1. The van der Waals surface area contributed by atoms with E-state index in [1.165, 1.54) is 0 Å². The zero-order chi connectivity index (χ0) is 13.0. The Morgan fingerprint density at radius 2 is 2.28 bits per heavy atom. The lowest BCUT2D eigenvalue weighted by Gasteiger charge is -2.07. The first-order valence-electron chi connectivity index (χ1n) is 5.90. The van der Waals surface area contributed by atoms with Crippen molar-refractivity contribution >= 4 is 17.2 Å². The van der Waals surface area contributed by atoms with Gasteiger partial charge in [0.05, 0.1) is 17.7 Å². The third-order valence-corrected chi connectivity index (χ3v) is 3.57. The summed E-state index contributed by atoms with van der Waals surface area (Å²) in [4.78, 5) is 21.4. The van der Waals surface area contributed by atoms with Gasteiger partial charge in [-0.2, -0.15) is 0 Å². The van der Waals surface area contributed by atoms with Gasteiger partial charge in [-0.15, -0.1) is 11.3 Å². The number of nitrogens with zero attached hydrogens (tertiary/aromatic N) is 3. The summed E-state index contributed by atoms with van der Waals surface area (Å²) in [6.45, 7) is 5.31. The molecule has 1 N–H and O–H groups in total. The Bertz CT molecular complexity index is 575. The predicted molar refractivity (Wildman–Crippen MR) is 73.0 cm³/mol. The van der Waals surface area contributed by atoms with Crippen LogP contribution >= 0.6 is 11.3 Å². The molecule has 0 saturated heterocycles. The molecule has 2 aromatic rings. The molecule has 18 heavy (non-hydrogen) atoms. The average molecular weight is 264 g/mol. The Kier molecular flexibility index (Phi) is 4.09. The van der Waals surface area contributed by atoms with Crippen LogP contribution in [0.5, 0.6) is 0 Å². The van der Waals surface area contributed by atoms with Gasteiger partial charge >= 0.3 is 0 Å². The van der Waals surface area contributed by atoms with E-state index in [4.69, 9.17) is 0 Å². The van der Waals surface area contributed by atoms with Crippen LogP contribution in [0.15, 0.2) is 22.7 Å². The van der Waals surface area contributed by atoms with E-state index in [1.807, 2.05) is 13.8 Å². The minimum absolute atomic E-state index is 0.0680. The van der Waals surface area contributed by atoms with Crippen LogP contribution in [-0.4, -0.2) is 14.5 Å². The van der Waals surface area contributed by atoms with Crippen LogP contribution in [0.2, 0.25) is 0 Å². The van der Waals surface area contributed by atoms with Gasteiger partial charge in [0.15, 0.2) is 5.82 Å². The highest BCUT2D eigenvalue weighted by molar-refractivity contribution is 7.09. The van der Waals surface area contributed by atoms with Crippen LogP contribution < -0.4 is 10.9 Å². The molecule has 0 radical (unpaired) electrons. The third-order valence-electron chi connectivity index (χ3n) is 2.64. The Labute approximate surface area is 110 Å². The monoisotopic (exact) mass is 264 g/mol. The molecule has 0 aromatic carbocycles. The van der Waals surface area contributed by atoms with Crippen molar-refractivity contribution in [3.05, 3.63) is 38.8 Å². The van der Waals surface area contributed by atoms with Gasteiger partial charge in [-0.1, -0.05) is 6.92 Å². The van der Waals surface area contributed by atoms with Crippen LogP contribution in [0.4, 0.5) is 5.82 Å². The molecule has 0 aliphatic rings. The lowest BCUT2D eigenvalue weighted by atomic mass is 10.4. The van der Waals surface area contributed by atoms with E-state index < -0.39 is 0 Å². The second kappa shape index (κ2) is 5.77. The second-order valence-corrected chi connectivity index (χ2v) is 4.93. The number of aryl methyl sites for hydroxylation is 2. The fourth-order valence-corrected chi connectivity index (χ4v) is 2.36. The molecule has 0 bridgehead atoms. The van der Waals surface area contributed by atoms with Gasteiger partial charge in [-0.05, 0) is 13.3 Å². The molecule has 2 heterocycles. The summed E-state index contributed by atoms with van der Waals surface area (Å²) in [5.74, 6) is 0.402. The van der Waals surface area contributed by atoms with E-state index in [0.29, 0.717) is 12.4 Å². The molecular weight excluding hydrogens is 248 g/mol. The zero-order valence-electron chi connectivity index (χ0n) is 10.5. The lowest BCUT2D eigenvalue weighted by molar-refractivity contribution is 0.649. The number of hydrogen-bond acceptors (Lipinski definition) is 5. The van der Waals surface area contributed by atoms with Gasteiger partial charge in [0.2, 0.25) is 0 Å². The van der Waals surface area contributed by atoms with Crippen molar-refractivity contribution in [2.45, 2.75) is 33.4 Å². The standard InChI is InChI=1S/C12H16N4OS/c1-3-5-16-6-4-13-11(12(16)17)14-7-10-9(2)15-8-18-10/h4,6,8H,3,5,7H2,1-2H3,(H,13,14). The maximum Gasteiger partial charge on any atom is 0.293 e. The Morgan fingerprint density at radius 1 is 1.44 bits per heavy atom. The summed E-state index contributed by atoms with van der Waals surface area (Å²) >= 11 is 1.58. The molecule has 0 aliphatic carbocycles. The zero-order valence-corrected chi connectivity index (χ0v) is 11.3. The molecule has 6 heteroatoms. The smallest absolute Gasteiger partial charge is 0.293 e. The fourth-order valence-electron chi connectivity index (χ4n) is 1.65. The topological polar surface area (TPSA) is 59.8 Å². The van der Waals surface area contributed by atoms with Crippen LogP contribution in [0.3, 0.4) is 0 Å². The summed E-state index contributed by atoms with van der Waals surface area (Å²) in [6.07, 6.45) is 4.30. The molecule has 0 saturated carbocycles. The van der Waals surface area contributed by atoms with E-state index in [1.54, 1.807) is 33.8 Å². The van der Waals surface area contributed by atoms with Gasteiger partial charge < -0.3 is 9.88 Å². The third kappa shape index (κ3) is 2.76. The first-order valence-corrected chi connectivity index (χ1v) is 6.78. The van der Waals surface area contributed by atoms with E-state index in [0.717, 1.165) is 23.5 Å². The molecule has 0 spiro atoms. The summed E-state index contributed by atoms with van der Waals surface area (Å²) in [5.41, 5.74) is 2.74. The van der Waals surface area contributed by atoms with E-state index in [9.17, 15) is 4.79 Å². The normalized spacial score (nSPS) is 10.6. The highest BCUT2D eigenvalue weighted by Crippen LogP contribution is 2.12. The molecule has 5 nitrogen and oxygen atoms in total. The fraction of sp³-hybridized carbons (Fsp3) is 0.417. The predicted octanol–water partition coefficient (Wildman–Crippen LogP) is 2.03. The minimum Gasteiger partial charge on any atom is -0.361 e. The van der Waals surface area contributed by atoms with E-state index >= 15 is 0 Å². The highest BCUT2D eigenvalue weighted by atomic mass is 32.1. The number of hydrogen-bond donors (Lipinski definition) is 1. The number of anilines is 1. The van der Waals surface area contributed by atoms with Gasteiger partial charge in [-0.3, -0.25) is 4.79 Å². The molecule has 0 aliphatic heterocycles. The average Bonchev–Trinajstić information content (AvgIpc) is 2.76. The quantitative estimate of drug-likeness (QED) is 0.897. The Balaban J connectivity index is 2.12.